The van der Waals surface area contributed by atoms with Gasteiger partial charge in [0.25, 0.3) is 0 Å². The molecule has 0 spiro atoms. The molecule has 1 amide bonds. The van der Waals surface area contributed by atoms with Gasteiger partial charge in [0, 0.05) is 0 Å². The first-order chi connectivity index (χ1) is 5.66. The number of hydrogen-bond acceptors (Lipinski definition) is 3. The maximum Gasteiger partial charge on any atom is 0.231 e. The Kier molecular flexibility index (Phi) is 5.38. The second-order valence-electron chi connectivity index (χ2n) is 2.01. The van der Waals surface area contributed by atoms with Gasteiger partial charge in [0.15, 0.2) is 0 Å². The van der Waals surface area contributed by atoms with Crippen LogP contribution >= 0.6 is 0 Å². The fourth-order valence-corrected chi connectivity index (χ4v) is 0.428. The molecule has 4 heteroatoms. The molecule has 0 saturated carbocycles. The molecule has 12 heavy (non-hydrogen) atoms. The summed E-state index contributed by atoms with van der Waals surface area (Å²) < 4.78 is 0. The number of hydrogen-bond donors (Lipinski definition) is 3. The molecule has 0 fully saturated rings. The Morgan fingerprint density at radius 2 is 1.75 bits per heavy atom. The number of benzene rings is 1. The van der Waals surface area contributed by atoms with Crippen LogP contribution in [0.5, 0.6) is 5.75 Å². The average Bonchev–Trinajstić information content (AvgIpc) is 2.07. The van der Waals surface area contributed by atoms with E-state index in [9.17, 15) is 4.79 Å². The summed E-state index contributed by atoms with van der Waals surface area (Å²) in [5.74, 6) is -0.146. The van der Waals surface area contributed by atoms with Crippen LogP contribution in [0, 0.1) is 0 Å². The molecule has 5 N–H and O–H groups in total. The maximum atomic E-state index is 9.47. The molecule has 0 radical (unpaired) electrons. The van der Waals surface area contributed by atoms with Gasteiger partial charge in [-0.2, -0.15) is 0 Å². The van der Waals surface area contributed by atoms with Gasteiger partial charge in [-0.3, -0.25) is 4.79 Å². The van der Waals surface area contributed by atoms with Crippen LogP contribution in [0.2, 0.25) is 0 Å². The Hall–Kier alpha value is -1.55. The smallest absolute Gasteiger partial charge is 0.231 e. The van der Waals surface area contributed by atoms with Crippen molar-refractivity contribution in [3.63, 3.8) is 0 Å². The molecule has 66 valence electrons. The third kappa shape index (κ3) is 6.57. The predicted octanol–water partition coefficient (Wildman–Crippen LogP) is -0.177. The van der Waals surface area contributed by atoms with Gasteiger partial charge in [0.2, 0.25) is 5.91 Å². The average molecular weight is 168 g/mol. The number of phenolic OH excluding ortho intramolecular Hbond substituents is 1. The normalized spacial score (nSPS) is 8.08. The van der Waals surface area contributed by atoms with Crippen molar-refractivity contribution in [2.75, 3.05) is 6.54 Å². The minimum Gasteiger partial charge on any atom is -0.508 e. The summed E-state index contributed by atoms with van der Waals surface area (Å²) in [6.07, 6.45) is 0. The van der Waals surface area contributed by atoms with Crippen molar-refractivity contribution < 1.29 is 9.90 Å². The molecule has 0 unspecified atom stereocenters. The van der Waals surface area contributed by atoms with Crippen molar-refractivity contribution in [1.82, 2.24) is 0 Å². The first-order valence-corrected chi connectivity index (χ1v) is 3.39. The van der Waals surface area contributed by atoms with Crippen LogP contribution in [0.15, 0.2) is 30.3 Å². The third-order valence-electron chi connectivity index (χ3n) is 0.957. The van der Waals surface area contributed by atoms with Crippen molar-refractivity contribution >= 4 is 5.91 Å². The van der Waals surface area contributed by atoms with Gasteiger partial charge < -0.3 is 16.6 Å². The maximum absolute atomic E-state index is 9.47. The van der Waals surface area contributed by atoms with Gasteiger partial charge in [0.05, 0.1) is 6.54 Å². The highest BCUT2D eigenvalue weighted by atomic mass is 16.3. The van der Waals surface area contributed by atoms with Crippen LogP contribution < -0.4 is 11.5 Å². The van der Waals surface area contributed by atoms with Crippen LogP contribution in [-0.4, -0.2) is 17.6 Å². The number of phenols is 1. The van der Waals surface area contributed by atoms with Crippen LogP contribution in [0.3, 0.4) is 0 Å². The lowest BCUT2D eigenvalue weighted by Gasteiger charge is -1.82. The predicted molar refractivity (Wildman–Crippen MR) is 46.4 cm³/mol. The van der Waals surface area contributed by atoms with Crippen molar-refractivity contribution in [2.45, 2.75) is 0 Å². The minimum atomic E-state index is -0.468. The molecule has 0 aliphatic carbocycles. The summed E-state index contributed by atoms with van der Waals surface area (Å²) in [4.78, 5) is 9.47. The molecular weight excluding hydrogens is 156 g/mol. The first kappa shape index (κ1) is 10.4. The Labute approximate surface area is 70.8 Å². The molecule has 1 aromatic carbocycles. The van der Waals surface area contributed by atoms with E-state index in [1.807, 2.05) is 6.07 Å². The first-order valence-electron chi connectivity index (χ1n) is 3.39. The summed E-state index contributed by atoms with van der Waals surface area (Å²) >= 11 is 0. The van der Waals surface area contributed by atoms with E-state index in [-0.39, 0.29) is 6.54 Å². The lowest BCUT2D eigenvalue weighted by atomic mass is 10.3. The Bertz CT molecular complexity index is 224. The van der Waals surface area contributed by atoms with Crippen molar-refractivity contribution in [3.8, 4) is 5.75 Å². The van der Waals surface area contributed by atoms with E-state index < -0.39 is 5.91 Å². The number of nitrogens with two attached hydrogens (primary N) is 2. The summed E-state index contributed by atoms with van der Waals surface area (Å²) in [7, 11) is 0. The van der Waals surface area contributed by atoms with E-state index >= 15 is 0 Å². The van der Waals surface area contributed by atoms with Crippen LogP contribution in [0.25, 0.3) is 0 Å². The number of carbonyl (C=O) groups is 1. The monoisotopic (exact) mass is 168 g/mol. The molecule has 0 heterocycles. The van der Waals surface area contributed by atoms with E-state index in [1.54, 1.807) is 24.3 Å². The molecule has 1 aromatic rings. The highest BCUT2D eigenvalue weighted by molar-refractivity contribution is 5.75. The molecule has 1 rings (SSSR count). The fraction of sp³-hybridized carbons (Fsp3) is 0.125. The molecule has 0 bridgehead atoms. The third-order valence-corrected chi connectivity index (χ3v) is 0.957. The topological polar surface area (TPSA) is 89.3 Å². The molecule has 0 aliphatic heterocycles. The zero-order chi connectivity index (χ0) is 9.40. The van der Waals surface area contributed by atoms with E-state index in [0.717, 1.165) is 0 Å². The zero-order valence-electron chi connectivity index (χ0n) is 6.60. The van der Waals surface area contributed by atoms with Gasteiger partial charge >= 0.3 is 0 Å². The minimum absolute atomic E-state index is 0.0556. The second-order valence-corrected chi connectivity index (χ2v) is 2.01. The van der Waals surface area contributed by atoms with Gasteiger partial charge in [-0.05, 0) is 12.1 Å². The quantitative estimate of drug-likeness (QED) is 0.543. The SMILES string of the molecule is NCC(N)=O.Oc1ccccc1. The van der Waals surface area contributed by atoms with Crippen molar-refractivity contribution in [2.24, 2.45) is 11.5 Å². The van der Waals surface area contributed by atoms with Crippen LogP contribution in [0.4, 0.5) is 0 Å². The highest BCUT2D eigenvalue weighted by Gasteiger charge is 1.77. The number of carbonyl (C=O) groups excluding carboxylic acids is 1. The van der Waals surface area contributed by atoms with E-state index in [4.69, 9.17) is 10.8 Å². The zero-order valence-corrected chi connectivity index (χ0v) is 6.60. The van der Waals surface area contributed by atoms with Crippen molar-refractivity contribution in [1.29, 1.82) is 0 Å². The Balaban J connectivity index is 0.000000217. The largest absolute Gasteiger partial charge is 0.508 e. The van der Waals surface area contributed by atoms with E-state index in [0.29, 0.717) is 5.75 Å². The van der Waals surface area contributed by atoms with E-state index in [2.05, 4.69) is 5.73 Å². The molecular formula is C8H12N2O2. The number of amides is 1. The summed E-state index contributed by atoms with van der Waals surface area (Å²) in [6, 6.07) is 8.71. The standard InChI is InChI=1S/C6H6O.C2H6N2O/c7-6-4-2-1-3-5-6;3-1-2(4)5/h1-5,7H;1,3H2,(H2,4,5). The lowest BCUT2D eigenvalue weighted by molar-refractivity contribution is -0.116. The van der Waals surface area contributed by atoms with E-state index in [1.165, 1.54) is 0 Å². The highest BCUT2D eigenvalue weighted by Crippen LogP contribution is 2.02. The molecule has 0 aliphatic rings. The van der Waals surface area contributed by atoms with Gasteiger partial charge in [-0.1, -0.05) is 18.2 Å². The summed E-state index contributed by atoms with van der Waals surface area (Å²) in [5, 5.41) is 8.63. The number of aromatic hydroxyl groups is 1. The number of para-hydroxylation sites is 1. The summed E-state index contributed by atoms with van der Waals surface area (Å²) in [5.41, 5.74) is 9.22. The number of primary amides is 1. The Morgan fingerprint density at radius 1 is 1.33 bits per heavy atom. The molecule has 4 nitrogen and oxygen atoms in total. The molecule has 0 saturated heterocycles. The van der Waals surface area contributed by atoms with Gasteiger partial charge in [-0.15, -0.1) is 0 Å². The lowest BCUT2D eigenvalue weighted by Crippen LogP contribution is -2.21. The van der Waals surface area contributed by atoms with Crippen LogP contribution in [-0.2, 0) is 4.79 Å². The fourth-order valence-electron chi connectivity index (χ4n) is 0.428. The van der Waals surface area contributed by atoms with Crippen molar-refractivity contribution in [3.05, 3.63) is 30.3 Å². The summed E-state index contributed by atoms with van der Waals surface area (Å²) in [6.45, 7) is -0.0556. The molecule has 0 atom stereocenters. The van der Waals surface area contributed by atoms with Gasteiger partial charge in [0.1, 0.15) is 5.75 Å². The van der Waals surface area contributed by atoms with Crippen LogP contribution in [0.1, 0.15) is 0 Å². The Morgan fingerprint density at radius 3 is 1.92 bits per heavy atom. The number of rotatable bonds is 1. The molecule has 0 aromatic heterocycles. The second kappa shape index (κ2) is 6.18. The van der Waals surface area contributed by atoms with Gasteiger partial charge in [-0.25, -0.2) is 0 Å².